The summed E-state index contributed by atoms with van der Waals surface area (Å²) in [5.41, 5.74) is 1.33. The monoisotopic (exact) mass is 272 g/mol. The highest BCUT2D eigenvalue weighted by Gasteiger charge is 2.30. The van der Waals surface area contributed by atoms with E-state index in [9.17, 15) is 8.42 Å². The molecule has 1 heterocycles. The lowest BCUT2D eigenvalue weighted by molar-refractivity contribution is 0.00395. The van der Waals surface area contributed by atoms with Crippen LogP contribution in [-0.2, 0) is 14.6 Å². The second-order valence-electron chi connectivity index (χ2n) is 4.72. The highest BCUT2D eigenvalue weighted by Crippen LogP contribution is 2.25. The topological polar surface area (TPSA) is 69.2 Å². The maximum atomic E-state index is 11.7. The smallest absolute Gasteiger partial charge is 0.152 e. The fourth-order valence-corrected chi connectivity index (χ4v) is 2.14. The first-order valence-corrected chi connectivity index (χ1v) is 7.80. The van der Waals surface area contributed by atoms with Crippen LogP contribution in [0.4, 0.5) is 0 Å². The predicted molar refractivity (Wildman–Crippen MR) is 70.0 cm³/mol. The van der Waals surface area contributed by atoms with Crippen molar-refractivity contribution in [3.8, 4) is 0 Å². The summed E-state index contributed by atoms with van der Waals surface area (Å²) < 4.78 is 29.0. The van der Waals surface area contributed by atoms with E-state index < -0.39 is 21.2 Å². The Morgan fingerprint density at radius 2 is 1.78 bits per heavy atom. The Morgan fingerprint density at radius 3 is 2.17 bits per heavy atom. The molecular weight excluding hydrogens is 252 g/mol. The molecule has 0 fully saturated rings. The van der Waals surface area contributed by atoms with Crippen molar-refractivity contribution in [2.75, 3.05) is 6.26 Å². The lowest BCUT2D eigenvalue weighted by Gasteiger charge is -2.24. The molecule has 1 rings (SSSR count). The fourth-order valence-electron chi connectivity index (χ4n) is 1.49. The van der Waals surface area contributed by atoms with Crippen LogP contribution in [0.1, 0.15) is 38.3 Å². The average Bonchev–Trinajstić information content (AvgIpc) is 2.25. The molecule has 0 bridgehead atoms. The molecule has 0 N–H and O–H groups in total. The van der Waals surface area contributed by atoms with Crippen molar-refractivity contribution >= 4 is 9.84 Å². The number of hydrogen-bond donors (Lipinski definition) is 0. The molecule has 6 heteroatoms. The van der Waals surface area contributed by atoms with Crippen molar-refractivity contribution in [1.29, 1.82) is 0 Å². The maximum Gasteiger partial charge on any atom is 0.152 e. The van der Waals surface area contributed by atoms with Crippen molar-refractivity contribution in [3.05, 3.63) is 23.8 Å². The first-order chi connectivity index (χ1) is 8.21. The van der Waals surface area contributed by atoms with Crippen LogP contribution < -0.4 is 0 Å². The minimum Gasteiger partial charge on any atom is -0.368 e. The zero-order valence-electron chi connectivity index (χ0n) is 11.4. The van der Waals surface area contributed by atoms with Gasteiger partial charge in [0.15, 0.2) is 9.84 Å². The van der Waals surface area contributed by atoms with Crippen LogP contribution in [0, 0.1) is 6.92 Å². The molecule has 0 saturated heterocycles. The normalized spacial score (nSPS) is 15.7. The van der Waals surface area contributed by atoms with Gasteiger partial charge in [-0.1, -0.05) is 0 Å². The van der Waals surface area contributed by atoms with Gasteiger partial charge in [-0.25, -0.2) is 8.42 Å². The van der Waals surface area contributed by atoms with Crippen LogP contribution in [0.5, 0.6) is 0 Å². The van der Waals surface area contributed by atoms with E-state index in [1.54, 1.807) is 19.3 Å². The van der Waals surface area contributed by atoms with Gasteiger partial charge in [-0.05, 0) is 27.7 Å². The second kappa shape index (κ2) is 5.75. The number of aryl methyl sites for hydroxylation is 1. The summed E-state index contributed by atoms with van der Waals surface area (Å²) in [5.74, 6) is 0. The molecule has 0 aliphatic rings. The minimum atomic E-state index is -3.20. The van der Waals surface area contributed by atoms with Crippen molar-refractivity contribution in [3.63, 3.8) is 0 Å². The Balaban J connectivity index is 3.09. The van der Waals surface area contributed by atoms with E-state index in [2.05, 4.69) is 9.97 Å². The van der Waals surface area contributed by atoms with E-state index in [-0.39, 0.29) is 6.10 Å². The van der Waals surface area contributed by atoms with Crippen LogP contribution in [0.25, 0.3) is 0 Å². The summed E-state index contributed by atoms with van der Waals surface area (Å²) in [6, 6.07) is 0. The molecule has 0 spiro atoms. The zero-order chi connectivity index (χ0) is 13.9. The summed E-state index contributed by atoms with van der Waals surface area (Å²) in [7, 11) is -3.20. The SMILES string of the molecule is Cc1cnc([C@H](OC(C)C)[C@H](C)S(C)(=O)=O)cn1. The van der Waals surface area contributed by atoms with E-state index >= 15 is 0 Å². The molecule has 0 unspecified atom stereocenters. The molecule has 0 saturated carbocycles. The van der Waals surface area contributed by atoms with Gasteiger partial charge in [0.2, 0.25) is 0 Å². The summed E-state index contributed by atoms with van der Waals surface area (Å²) in [4.78, 5) is 8.35. The first-order valence-electron chi connectivity index (χ1n) is 5.84. The Kier molecular flexibility index (Phi) is 4.81. The van der Waals surface area contributed by atoms with Crippen molar-refractivity contribution in [2.24, 2.45) is 0 Å². The highest BCUT2D eigenvalue weighted by molar-refractivity contribution is 7.91. The third-order valence-electron chi connectivity index (χ3n) is 2.61. The van der Waals surface area contributed by atoms with Gasteiger partial charge >= 0.3 is 0 Å². The predicted octanol–water partition coefficient (Wildman–Crippen LogP) is 1.68. The fraction of sp³-hybridized carbons (Fsp3) is 0.667. The number of nitrogens with zero attached hydrogens (tertiary/aromatic N) is 2. The average molecular weight is 272 g/mol. The standard InChI is InChI=1S/C12H20N2O3S/c1-8(2)17-12(10(4)18(5,15)16)11-7-13-9(3)6-14-11/h6-8,10,12H,1-5H3/t10-,12+/m0/s1. The molecule has 0 aliphatic carbocycles. The third kappa shape index (κ3) is 4.03. The molecule has 5 nitrogen and oxygen atoms in total. The van der Waals surface area contributed by atoms with Gasteiger partial charge in [0.1, 0.15) is 6.10 Å². The van der Waals surface area contributed by atoms with E-state index in [1.165, 1.54) is 6.26 Å². The highest BCUT2D eigenvalue weighted by atomic mass is 32.2. The zero-order valence-corrected chi connectivity index (χ0v) is 12.2. The molecule has 0 aromatic carbocycles. The molecule has 1 aromatic heterocycles. The number of sulfone groups is 1. The van der Waals surface area contributed by atoms with Gasteiger partial charge in [-0.15, -0.1) is 0 Å². The number of aromatic nitrogens is 2. The van der Waals surface area contributed by atoms with Crippen LogP contribution in [0.15, 0.2) is 12.4 Å². The van der Waals surface area contributed by atoms with Crippen molar-refractivity contribution in [2.45, 2.75) is 45.2 Å². The van der Waals surface area contributed by atoms with Crippen LogP contribution >= 0.6 is 0 Å². The molecule has 0 aliphatic heterocycles. The maximum absolute atomic E-state index is 11.7. The van der Waals surface area contributed by atoms with Gasteiger partial charge in [0.25, 0.3) is 0 Å². The lowest BCUT2D eigenvalue weighted by Crippen LogP contribution is -2.29. The Bertz CT molecular complexity index is 483. The van der Waals surface area contributed by atoms with Crippen molar-refractivity contribution in [1.82, 2.24) is 9.97 Å². The quantitative estimate of drug-likeness (QED) is 0.815. The Morgan fingerprint density at radius 1 is 1.17 bits per heavy atom. The van der Waals surface area contributed by atoms with Gasteiger partial charge in [-0.2, -0.15) is 0 Å². The molecule has 18 heavy (non-hydrogen) atoms. The molecule has 1 aromatic rings. The lowest BCUT2D eigenvalue weighted by atomic mass is 10.2. The van der Waals surface area contributed by atoms with E-state index in [0.29, 0.717) is 5.69 Å². The van der Waals surface area contributed by atoms with Crippen LogP contribution in [-0.4, -0.2) is 36.0 Å². The minimum absolute atomic E-state index is 0.0812. The van der Waals surface area contributed by atoms with Gasteiger partial charge in [0.05, 0.1) is 28.9 Å². The van der Waals surface area contributed by atoms with Crippen LogP contribution in [0.2, 0.25) is 0 Å². The summed E-state index contributed by atoms with van der Waals surface area (Å²) >= 11 is 0. The number of ether oxygens (including phenoxy) is 1. The van der Waals surface area contributed by atoms with Crippen LogP contribution in [0.3, 0.4) is 0 Å². The van der Waals surface area contributed by atoms with Crippen molar-refractivity contribution < 1.29 is 13.2 Å². The first kappa shape index (κ1) is 15.0. The Labute approximate surface area is 109 Å². The van der Waals surface area contributed by atoms with Gasteiger partial charge < -0.3 is 4.74 Å². The summed E-state index contributed by atoms with van der Waals surface area (Å²) in [6.07, 6.45) is 3.72. The molecule has 0 radical (unpaired) electrons. The van der Waals surface area contributed by atoms with E-state index in [4.69, 9.17) is 4.74 Å². The number of hydrogen-bond acceptors (Lipinski definition) is 5. The number of rotatable bonds is 5. The van der Waals surface area contributed by atoms with Gasteiger partial charge in [0, 0.05) is 12.5 Å². The van der Waals surface area contributed by atoms with Gasteiger partial charge in [-0.3, -0.25) is 9.97 Å². The summed E-state index contributed by atoms with van der Waals surface area (Å²) in [6.45, 7) is 7.19. The van der Waals surface area contributed by atoms with E-state index in [1.807, 2.05) is 20.8 Å². The van der Waals surface area contributed by atoms with E-state index in [0.717, 1.165) is 5.69 Å². The summed E-state index contributed by atoms with van der Waals surface area (Å²) in [5, 5.41) is -0.656. The molecular formula is C12H20N2O3S. The molecule has 0 amide bonds. The molecule has 2 atom stereocenters. The second-order valence-corrected chi connectivity index (χ2v) is 7.13. The largest absolute Gasteiger partial charge is 0.368 e. The Hall–Kier alpha value is -1.01. The third-order valence-corrected chi connectivity index (χ3v) is 4.21. The molecule has 102 valence electrons.